The Morgan fingerprint density at radius 2 is 1.93 bits per heavy atom. The maximum Gasteiger partial charge on any atom is 0.254 e. The molecule has 150 valence electrons. The smallest absolute Gasteiger partial charge is 0.254 e. The van der Waals surface area contributed by atoms with Gasteiger partial charge in [-0.15, -0.1) is 0 Å². The molecule has 1 aliphatic rings. The van der Waals surface area contributed by atoms with Crippen LogP contribution in [0.1, 0.15) is 23.0 Å². The SMILES string of the molecule is CCNc1cc(C)nc(N2CCN(C(=O)c3cccc(-n4cccn4)c3)CC2)n1. The summed E-state index contributed by atoms with van der Waals surface area (Å²) in [6.07, 6.45) is 3.59. The zero-order valence-electron chi connectivity index (χ0n) is 16.7. The molecule has 1 N–H and O–H groups in total. The Kier molecular flexibility index (Phi) is 5.41. The van der Waals surface area contributed by atoms with Crippen LogP contribution in [-0.4, -0.2) is 63.3 Å². The molecular formula is C21H25N7O. The van der Waals surface area contributed by atoms with Gasteiger partial charge in [0.25, 0.3) is 5.91 Å². The van der Waals surface area contributed by atoms with E-state index in [0.29, 0.717) is 37.7 Å². The topological polar surface area (TPSA) is 79.2 Å². The van der Waals surface area contributed by atoms with Gasteiger partial charge in [0.05, 0.1) is 5.69 Å². The van der Waals surface area contributed by atoms with Gasteiger partial charge in [0, 0.05) is 62.4 Å². The predicted octanol–water partition coefficient (Wildman–Crippen LogP) is 2.36. The largest absolute Gasteiger partial charge is 0.370 e. The van der Waals surface area contributed by atoms with Crippen LogP contribution >= 0.6 is 0 Å². The summed E-state index contributed by atoms with van der Waals surface area (Å²) in [4.78, 5) is 26.2. The minimum absolute atomic E-state index is 0.0390. The molecule has 1 amide bonds. The van der Waals surface area contributed by atoms with E-state index >= 15 is 0 Å². The average Bonchev–Trinajstić information content (AvgIpc) is 3.28. The highest BCUT2D eigenvalue weighted by Crippen LogP contribution is 2.18. The summed E-state index contributed by atoms with van der Waals surface area (Å²) in [5.41, 5.74) is 2.48. The molecule has 29 heavy (non-hydrogen) atoms. The Morgan fingerprint density at radius 1 is 1.10 bits per heavy atom. The number of hydrogen-bond donors (Lipinski definition) is 1. The minimum Gasteiger partial charge on any atom is -0.370 e. The van der Waals surface area contributed by atoms with Gasteiger partial charge in [-0.1, -0.05) is 6.07 Å². The van der Waals surface area contributed by atoms with Crippen molar-refractivity contribution in [2.75, 3.05) is 42.9 Å². The molecule has 4 rings (SSSR count). The molecular weight excluding hydrogens is 366 g/mol. The van der Waals surface area contributed by atoms with Crippen molar-refractivity contribution in [3.8, 4) is 5.69 Å². The van der Waals surface area contributed by atoms with Crippen LogP contribution in [0.15, 0.2) is 48.8 Å². The number of anilines is 2. The summed E-state index contributed by atoms with van der Waals surface area (Å²) in [6, 6.07) is 11.4. The second kappa shape index (κ2) is 8.30. The number of aryl methyl sites for hydroxylation is 1. The fourth-order valence-electron chi connectivity index (χ4n) is 3.46. The van der Waals surface area contributed by atoms with Gasteiger partial charge in [-0.3, -0.25) is 4.79 Å². The molecule has 0 aliphatic carbocycles. The third kappa shape index (κ3) is 4.21. The molecule has 0 saturated carbocycles. The molecule has 1 saturated heterocycles. The molecule has 0 atom stereocenters. The van der Waals surface area contributed by atoms with Crippen molar-refractivity contribution in [1.29, 1.82) is 0 Å². The minimum atomic E-state index is 0.0390. The lowest BCUT2D eigenvalue weighted by atomic mass is 10.1. The van der Waals surface area contributed by atoms with Crippen LogP contribution < -0.4 is 10.2 Å². The number of carbonyl (C=O) groups is 1. The molecule has 3 heterocycles. The zero-order valence-corrected chi connectivity index (χ0v) is 16.7. The third-order valence-electron chi connectivity index (χ3n) is 4.91. The van der Waals surface area contributed by atoms with Gasteiger partial charge >= 0.3 is 0 Å². The fourth-order valence-corrected chi connectivity index (χ4v) is 3.46. The Morgan fingerprint density at radius 3 is 2.66 bits per heavy atom. The Balaban J connectivity index is 1.43. The van der Waals surface area contributed by atoms with Gasteiger partial charge in [-0.2, -0.15) is 10.1 Å². The highest BCUT2D eigenvalue weighted by molar-refractivity contribution is 5.95. The lowest BCUT2D eigenvalue weighted by molar-refractivity contribution is 0.0746. The van der Waals surface area contributed by atoms with E-state index in [1.807, 2.05) is 61.3 Å². The van der Waals surface area contributed by atoms with E-state index in [4.69, 9.17) is 0 Å². The molecule has 8 heteroatoms. The first-order valence-electron chi connectivity index (χ1n) is 9.88. The monoisotopic (exact) mass is 391 g/mol. The normalized spacial score (nSPS) is 14.1. The molecule has 8 nitrogen and oxygen atoms in total. The van der Waals surface area contributed by atoms with Crippen LogP contribution in [0.2, 0.25) is 0 Å². The predicted molar refractivity (Wildman–Crippen MR) is 113 cm³/mol. The first-order chi connectivity index (χ1) is 14.1. The van der Waals surface area contributed by atoms with Gasteiger partial charge in [0.2, 0.25) is 5.95 Å². The highest BCUT2D eigenvalue weighted by Gasteiger charge is 2.24. The second-order valence-electron chi connectivity index (χ2n) is 7.01. The van der Waals surface area contributed by atoms with Crippen LogP contribution in [0.3, 0.4) is 0 Å². The van der Waals surface area contributed by atoms with Gasteiger partial charge in [0.15, 0.2) is 0 Å². The number of aromatic nitrogens is 4. The summed E-state index contributed by atoms with van der Waals surface area (Å²) >= 11 is 0. The first-order valence-corrected chi connectivity index (χ1v) is 9.88. The fraction of sp³-hybridized carbons (Fsp3) is 0.333. The Hall–Kier alpha value is -3.42. The summed E-state index contributed by atoms with van der Waals surface area (Å²) in [6.45, 7) is 7.52. The van der Waals surface area contributed by atoms with Gasteiger partial charge in [-0.25, -0.2) is 9.67 Å². The van der Waals surface area contributed by atoms with Gasteiger partial charge in [0.1, 0.15) is 5.82 Å². The van der Waals surface area contributed by atoms with Crippen LogP contribution in [0.4, 0.5) is 11.8 Å². The number of nitrogens with zero attached hydrogens (tertiary/aromatic N) is 6. The molecule has 2 aromatic heterocycles. The van der Waals surface area contributed by atoms with Gasteiger partial charge < -0.3 is 15.1 Å². The molecule has 0 bridgehead atoms. The van der Waals surface area contributed by atoms with Crippen molar-refractivity contribution >= 4 is 17.7 Å². The maximum atomic E-state index is 13.0. The lowest BCUT2D eigenvalue weighted by Crippen LogP contribution is -2.49. The van der Waals surface area contributed by atoms with Crippen LogP contribution in [0, 0.1) is 6.92 Å². The van der Waals surface area contributed by atoms with E-state index in [0.717, 1.165) is 23.7 Å². The summed E-state index contributed by atoms with van der Waals surface area (Å²) in [5.74, 6) is 1.59. The third-order valence-corrected chi connectivity index (χ3v) is 4.91. The average molecular weight is 391 g/mol. The number of piperazine rings is 1. The number of nitrogens with one attached hydrogen (secondary N) is 1. The van der Waals surface area contributed by atoms with E-state index in [1.165, 1.54) is 0 Å². The van der Waals surface area contributed by atoms with Crippen molar-refractivity contribution < 1.29 is 4.79 Å². The molecule has 0 radical (unpaired) electrons. The molecule has 3 aromatic rings. The standard InChI is InChI=1S/C21H25N7O/c1-3-22-19-14-16(2)24-21(25-19)27-12-10-26(11-13-27)20(29)17-6-4-7-18(15-17)28-9-5-8-23-28/h4-9,14-15H,3,10-13H2,1-2H3,(H,22,24,25). The Bertz CT molecular complexity index is 978. The van der Waals surface area contributed by atoms with Crippen molar-refractivity contribution in [2.45, 2.75) is 13.8 Å². The van der Waals surface area contributed by atoms with E-state index in [-0.39, 0.29) is 5.91 Å². The number of amides is 1. The lowest BCUT2D eigenvalue weighted by Gasteiger charge is -2.35. The van der Waals surface area contributed by atoms with Crippen molar-refractivity contribution in [3.05, 3.63) is 60.0 Å². The van der Waals surface area contributed by atoms with Crippen LogP contribution in [0.25, 0.3) is 5.69 Å². The molecule has 0 spiro atoms. The molecule has 1 aromatic carbocycles. The maximum absolute atomic E-state index is 13.0. The summed E-state index contributed by atoms with van der Waals surface area (Å²) < 4.78 is 1.76. The van der Waals surface area contributed by atoms with Gasteiger partial charge in [-0.05, 0) is 38.1 Å². The molecule has 0 unspecified atom stereocenters. The number of rotatable bonds is 5. The van der Waals surface area contributed by atoms with Crippen molar-refractivity contribution in [3.63, 3.8) is 0 Å². The number of hydrogen-bond acceptors (Lipinski definition) is 6. The quantitative estimate of drug-likeness (QED) is 0.719. The van der Waals surface area contributed by atoms with E-state index < -0.39 is 0 Å². The second-order valence-corrected chi connectivity index (χ2v) is 7.01. The van der Waals surface area contributed by atoms with Crippen LogP contribution in [0.5, 0.6) is 0 Å². The summed E-state index contributed by atoms with van der Waals surface area (Å²) in [5, 5.41) is 7.48. The zero-order chi connectivity index (χ0) is 20.2. The van der Waals surface area contributed by atoms with Crippen molar-refractivity contribution in [2.24, 2.45) is 0 Å². The number of carbonyl (C=O) groups excluding carboxylic acids is 1. The summed E-state index contributed by atoms with van der Waals surface area (Å²) in [7, 11) is 0. The van der Waals surface area contributed by atoms with E-state index in [1.54, 1.807) is 10.9 Å². The molecule has 1 aliphatic heterocycles. The number of benzene rings is 1. The van der Waals surface area contributed by atoms with E-state index in [2.05, 4.69) is 25.3 Å². The van der Waals surface area contributed by atoms with Crippen LogP contribution in [-0.2, 0) is 0 Å². The Labute approximate surface area is 170 Å². The van der Waals surface area contributed by atoms with E-state index in [9.17, 15) is 4.79 Å². The van der Waals surface area contributed by atoms with Crippen molar-refractivity contribution in [1.82, 2.24) is 24.6 Å². The first kappa shape index (κ1) is 18.9. The highest BCUT2D eigenvalue weighted by atomic mass is 16.2. The molecule has 1 fully saturated rings.